The van der Waals surface area contributed by atoms with Gasteiger partial charge in [-0.2, -0.15) is 0 Å². The third-order valence-electron chi connectivity index (χ3n) is 11.3. The van der Waals surface area contributed by atoms with Crippen molar-refractivity contribution in [1.29, 1.82) is 0 Å². The summed E-state index contributed by atoms with van der Waals surface area (Å²) >= 11 is 0. The Balaban J connectivity index is 3.63. The molecule has 0 aromatic rings. The number of aliphatic hydroxyl groups excluding tert-OH is 3. The molecule has 0 aliphatic carbocycles. The third-order valence-corrected chi connectivity index (χ3v) is 11.3. The second kappa shape index (κ2) is 44.5. The summed E-state index contributed by atoms with van der Waals surface area (Å²) in [6.45, 7) is 4.19. The molecule has 0 bridgehead atoms. The van der Waals surface area contributed by atoms with Crippen LogP contribution < -0.4 is 5.32 Å². The van der Waals surface area contributed by atoms with Gasteiger partial charge in [-0.05, 0) is 64.2 Å². The van der Waals surface area contributed by atoms with Crippen molar-refractivity contribution >= 4 is 5.91 Å². The Hall–Kier alpha value is -1.17. The molecule has 0 aliphatic heterocycles. The zero-order valence-corrected chi connectivity index (χ0v) is 36.4. The van der Waals surface area contributed by atoms with Crippen LogP contribution >= 0.6 is 0 Å². The number of unbranched alkanes of at least 4 members (excludes halogenated alkanes) is 32. The summed E-state index contributed by atoms with van der Waals surface area (Å²) in [5, 5.41) is 33.6. The van der Waals surface area contributed by atoms with Crippen molar-refractivity contribution in [2.24, 2.45) is 0 Å². The Bertz CT molecular complexity index is 799. The quantitative estimate of drug-likeness (QED) is 0.0368. The number of nitrogens with one attached hydrogen (secondary N) is 1. The molecule has 0 radical (unpaired) electrons. The molecule has 0 fully saturated rings. The van der Waals surface area contributed by atoms with E-state index in [1.165, 1.54) is 193 Å². The first-order valence-electron chi connectivity index (χ1n) is 24.1. The van der Waals surface area contributed by atoms with Crippen molar-refractivity contribution in [2.75, 3.05) is 6.61 Å². The smallest absolute Gasteiger partial charge is 0.220 e. The molecule has 0 aliphatic rings. The number of allylic oxidation sites excluding steroid dienone is 4. The molecule has 0 saturated carbocycles. The molecule has 4 N–H and O–H groups in total. The van der Waals surface area contributed by atoms with Crippen molar-refractivity contribution in [3.63, 3.8) is 0 Å². The number of carbonyl (C=O) groups is 1. The maximum absolute atomic E-state index is 12.4. The molecule has 320 valence electrons. The van der Waals surface area contributed by atoms with E-state index in [0.29, 0.717) is 12.8 Å². The average Bonchev–Trinajstić information content (AvgIpc) is 3.18. The van der Waals surface area contributed by atoms with Gasteiger partial charge in [0.05, 0.1) is 18.8 Å². The van der Waals surface area contributed by atoms with Gasteiger partial charge < -0.3 is 20.6 Å². The molecular weight excluding hydrogens is 667 g/mol. The predicted molar refractivity (Wildman–Crippen MR) is 236 cm³/mol. The van der Waals surface area contributed by atoms with E-state index in [4.69, 9.17) is 0 Å². The number of hydrogen-bond donors (Lipinski definition) is 4. The van der Waals surface area contributed by atoms with Gasteiger partial charge in [-0.1, -0.05) is 212 Å². The van der Waals surface area contributed by atoms with E-state index in [0.717, 1.165) is 38.5 Å². The number of carbonyl (C=O) groups excluding carboxylic acids is 1. The Labute approximate surface area is 337 Å². The van der Waals surface area contributed by atoms with Crippen LogP contribution in [-0.4, -0.2) is 46.1 Å². The van der Waals surface area contributed by atoms with Crippen molar-refractivity contribution in [3.05, 3.63) is 24.3 Å². The first kappa shape index (κ1) is 52.8. The van der Waals surface area contributed by atoms with Gasteiger partial charge in [-0.3, -0.25) is 4.79 Å². The fourth-order valence-electron chi connectivity index (χ4n) is 7.51. The summed E-state index contributed by atoms with van der Waals surface area (Å²) in [4.78, 5) is 12.4. The highest BCUT2D eigenvalue weighted by molar-refractivity contribution is 5.76. The molecule has 0 aromatic carbocycles. The first-order chi connectivity index (χ1) is 26.6. The second-order valence-corrected chi connectivity index (χ2v) is 16.7. The lowest BCUT2D eigenvalue weighted by Gasteiger charge is -2.26. The molecule has 1 amide bonds. The molecule has 3 atom stereocenters. The molecular formula is C49H95NO4. The van der Waals surface area contributed by atoms with Gasteiger partial charge >= 0.3 is 0 Å². The minimum Gasteiger partial charge on any atom is -0.394 e. The van der Waals surface area contributed by atoms with Crippen molar-refractivity contribution in [3.8, 4) is 0 Å². The van der Waals surface area contributed by atoms with Crippen LogP contribution in [0, 0.1) is 0 Å². The summed E-state index contributed by atoms with van der Waals surface area (Å²) < 4.78 is 0. The summed E-state index contributed by atoms with van der Waals surface area (Å²) in [6.07, 6.45) is 54.4. The maximum Gasteiger partial charge on any atom is 0.220 e. The fraction of sp³-hybridized carbons (Fsp3) is 0.898. The number of rotatable bonds is 44. The Kier molecular flexibility index (Phi) is 43.6. The topological polar surface area (TPSA) is 89.8 Å². The third kappa shape index (κ3) is 39.1. The average molecular weight is 762 g/mol. The lowest BCUT2D eigenvalue weighted by Crippen LogP contribution is -2.50. The van der Waals surface area contributed by atoms with E-state index >= 15 is 0 Å². The highest BCUT2D eigenvalue weighted by Crippen LogP contribution is 2.16. The molecule has 0 rings (SSSR count). The molecule has 5 heteroatoms. The lowest BCUT2D eigenvalue weighted by molar-refractivity contribution is -0.124. The van der Waals surface area contributed by atoms with Crippen LogP contribution in [0.25, 0.3) is 0 Å². The van der Waals surface area contributed by atoms with Gasteiger partial charge in [0.1, 0.15) is 6.10 Å². The Morgan fingerprint density at radius 1 is 0.444 bits per heavy atom. The number of aliphatic hydroxyl groups is 3. The minimum atomic E-state index is -1.16. The first-order valence-corrected chi connectivity index (χ1v) is 24.1. The number of amides is 1. The van der Waals surface area contributed by atoms with Crippen LogP contribution in [0.1, 0.15) is 258 Å². The van der Waals surface area contributed by atoms with Crippen LogP contribution in [0.3, 0.4) is 0 Å². The summed E-state index contributed by atoms with van der Waals surface area (Å²) in [5.41, 5.74) is 0. The van der Waals surface area contributed by atoms with Crippen molar-refractivity contribution in [1.82, 2.24) is 5.32 Å². The summed E-state index contributed by atoms with van der Waals surface area (Å²) in [6, 6.07) is -0.827. The van der Waals surface area contributed by atoms with Gasteiger partial charge in [-0.15, -0.1) is 0 Å². The van der Waals surface area contributed by atoms with E-state index in [-0.39, 0.29) is 12.5 Å². The van der Waals surface area contributed by atoms with E-state index in [9.17, 15) is 20.1 Å². The standard InChI is InChI=1S/C49H95NO4/c1-3-5-7-9-11-13-15-17-19-21-23-25-27-29-31-33-35-37-39-41-43-47(52)49(54)46(45-51)50-48(53)44-42-40-38-36-34-32-30-28-26-24-22-20-18-16-14-12-10-8-6-4-2/h24,26,35,37,46-47,49,51-52,54H,3-23,25,27-34,36,38-45H2,1-2H3,(H,50,53)/b26-24-,37-35+. The van der Waals surface area contributed by atoms with Crippen molar-refractivity contribution in [2.45, 2.75) is 276 Å². The van der Waals surface area contributed by atoms with Gasteiger partial charge in [0.2, 0.25) is 5.91 Å². The zero-order valence-electron chi connectivity index (χ0n) is 36.4. The van der Waals surface area contributed by atoms with E-state index < -0.39 is 18.2 Å². The second-order valence-electron chi connectivity index (χ2n) is 16.7. The van der Waals surface area contributed by atoms with Crippen LogP contribution in [0.4, 0.5) is 0 Å². The molecule has 0 heterocycles. The van der Waals surface area contributed by atoms with Crippen LogP contribution in [-0.2, 0) is 4.79 Å². The summed E-state index contributed by atoms with van der Waals surface area (Å²) in [5.74, 6) is -0.156. The largest absolute Gasteiger partial charge is 0.394 e. The molecule has 54 heavy (non-hydrogen) atoms. The predicted octanol–water partition coefficient (Wildman–Crippen LogP) is 14.2. The van der Waals surface area contributed by atoms with Crippen LogP contribution in [0.2, 0.25) is 0 Å². The van der Waals surface area contributed by atoms with E-state index in [1.54, 1.807) is 0 Å². The van der Waals surface area contributed by atoms with E-state index in [1.807, 2.05) is 0 Å². The SMILES string of the molecule is CCCCCCCCCCC/C=C\CCCCCCCCCC(=O)NC(CO)C(O)C(O)CCC/C=C/CCCCCCCCCCCCCCCCC. The number of hydrogen-bond acceptors (Lipinski definition) is 4. The molecule has 3 unspecified atom stereocenters. The summed E-state index contributed by atoms with van der Waals surface area (Å²) in [7, 11) is 0. The minimum absolute atomic E-state index is 0.156. The van der Waals surface area contributed by atoms with Crippen LogP contribution in [0.5, 0.6) is 0 Å². The Morgan fingerprint density at radius 3 is 1.07 bits per heavy atom. The Morgan fingerprint density at radius 2 is 0.741 bits per heavy atom. The van der Waals surface area contributed by atoms with Gasteiger partial charge in [-0.25, -0.2) is 0 Å². The van der Waals surface area contributed by atoms with Crippen molar-refractivity contribution < 1.29 is 20.1 Å². The normalized spacial score (nSPS) is 13.6. The highest BCUT2D eigenvalue weighted by Gasteiger charge is 2.26. The van der Waals surface area contributed by atoms with Gasteiger partial charge in [0.15, 0.2) is 0 Å². The monoisotopic (exact) mass is 762 g/mol. The maximum atomic E-state index is 12.4. The van der Waals surface area contributed by atoms with Gasteiger partial charge in [0.25, 0.3) is 0 Å². The molecule has 5 nitrogen and oxygen atoms in total. The highest BCUT2D eigenvalue weighted by atomic mass is 16.3. The zero-order chi connectivity index (χ0) is 39.4. The molecule has 0 saturated heterocycles. The van der Waals surface area contributed by atoms with E-state index in [2.05, 4.69) is 43.5 Å². The fourth-order valence-corrected chi connectivity index (χ4v) is 7.51. The lowest BCUT2D eigenvalue weighted by atomic mass is 10.0. The molecule has 0 aromatic heterocycles. The van der Waals surface area contributed by atoms with Gasteiger partial charge in [0, 0.05) is 6.42 Å². The molecule has 0 spiro atoms. The van der Waals surface area contributed by atoms with Crippen LogP contribution in [0.15, 0.2) is 24.3 Å².